The van der Waals surface area contributed by atoms with Gasteiger partial charge in [0.1, 0.15) is 0 Å². The van der Waals surface area contributed by atoms with E-state index in [1.54, 1.807) is 0 Å². The summed E-state index contributed by atoms with van der Waals surface area (Å²) in [4.78, 5) is 2.72. The zero-order valence-corrected chi connectivity index (χ0v) is 11.5. The molecule has 18 heavy (non-hydrogen) atoms. The maximum atomic E-state index is 3.50. The second-order valence-electron chi connectivity index (χ2n) is 5.98. The fraction of sp³-hybridized carbons (Fsp3) is 0.625. The van der Waals surface area contributed by atoms with Crippen molar-refractivity contribution in [3.05, 3.63) is 35.4 Å². The monoisotopic (exact) mass is 244 g/mol. The molecule has 2 nitrogen and oxygen atoms in total. The molecular weight excluding hydrogens is 220 g/mol. The van der Waals surface area contributed by atoms with Gasteiger partial charge in [0.15, 0.2) is 0 Å². The molecule has 0 amide bonds. The van der Waals surface area contributed by atoms with Gasteiger partial charge >= 0.3 is 0 Å². The first-order valence-electron chi connectivity index (χ1n) is 7.29. The average Bonchev–Trinajstić information content (AvgIpc) is 3.19. The normalized spacial score (nSPS) is 27.1. The molecule has 1 aromatic rings. The number of nitrogens with one attached hydrogen (secondary N) is 1. The smallest absolute Gasteiger partial charge is 0.0380 e. The van der Waals surface area contributed by atoms with Crippen LogP contribution in [0.1, 0.15) is 36.9 Å². The second kappa shape index (κ2) is 5.02. The summed E-state index contributed by atoms with van der Waals surface area (Å²) in [6.45, 7) is 7.99. The molecular formula is C16H24N2. The molecule has 1 aromatic carbocycles. The number of piperazine rings is 1. The number of hydrogen-bond donors (Lipinski definition) is 1. The first-order valence-corrected chi connectivity index (χ1v) is 7.29. The maximum absolute atomic E-state index is 3.50. The zero-order valence-electron chi connectivity index (χ0n) is 11.5. The lowest BCUT2D eigenvalue weighted by molar-refractivity contribution is 0.102. The van der Waals surface area contributed by atoms with Crippen LogP contribution in [0.15, 0.2) is 24.3 Å². The van der Waals surface area contributed by atoms with E-state index in [0.717, 1.165) is 19.0 Å². The van der Waals surface area contributed by atoms with Crippen molar-refractivity contribution < 1.29 is 0 Å². The topological polar surface area (TPSA) is 15.3 Å². The summed E-state index contributed by atoms with van der Waals surface area (Å²) in [5.74, 6) is 0.897. The average molecular weight is 244 g/mol. The Kier molecular flexibility index (Phi) is 3.40. The molecule has 2 heteroatoms. The highest BCUT2D eigenvalue weighted by atomic mass is 15.2. The van der Waals surface area contributed by atoms with Gasteiger partial charge in [-0.2, -0.15) is 0 Å². The van der Waals surface area contributed by atoms with E-state index < -0.39 is 0 Å². The van der Waals surface area contributed by atoms with Crippen LogP contribution >= 0.6 is 0 Å². The SMILES string of the molecule is Cc1ccc(C(C2CC2)N2CCNC[C@@H]2C)cc1. The summed E-state index contributed by atoms with van der Waals surface area (Å²) in [5, 5.41) is 3.50. The molecule has 1 saturated heterocycles. The first kappa shape index (κ1) is 12.2. The van der Waals surface area contributed by atoms with E-state index in [1.807, 2.05) is 0 Å². The molecule has 1 saturated carbocycles. The first-order chi connectivity index (χ1) is 8.75. The van der Waals surface area contributed by atoms with E-state index >= 15 is 0 Å². The highest BCUT2D eigenvalue weighted by Gasteiger charge is 2.38. The highest BCUT2D eigenvalue weighted by molar-refractivity contribution is 5.26. The number of rotatable bonds is 3. The van der Waals surface area contributed by atoms with Gasteiger partial charge in [-0.1, -0.05) is 29.8 Å². The van der Waals surface area contributed by atoms with Crippen LogP contribution in [0, 0.1) is 12.8 Å². The van der Waals surface area contributed by atoms with Gasteiger partial charge in [0, 0.05) is 31.7 Å². The minimum absolute atomic E-state index is 0.655. The van der Waals surface area contributed by atoms with E-state index in [4.69, 9.17) is 0 Å². The molecule has 2 fully saturated rings. The molecule has 1 aliphatic carbocycles. The van der Waals surface area contributed by atoms with Gasteiger partial charge in [-0.3, -0.25) is 4.90 Å². The summed E-state index contributed by atoms with van der Waals surface area (Å²) >= 11 is 0. The molecule has 1 unspecified atom stereocenters. The van der Waals surface area contributed by atoms with Crippen LogP contribution in [0.25, 0.3) is 0 Å². The molecule has 1 aliphatic heterocycles. The van der Waals surface area contributed by atoms with Gasteiger partial charge in [-0.15, -0.1) is 0 Å². The Hall–Kier alpha value is -0.860. The van der Waals surface area contributed by atoms with Gasteiger partial charge in [0.05, 0.1) is 0 Å². The lowest BCUT2D eigenvalue weighted by atomic mass is 9.97. The van der Waals surface area contributed by atoms with Gasteiger partial charge in [-0.25, -0.2) is 0 Å². The van der Waals surface area contributed by atoms with E-state index in [9.17, 15) is 0 Å². The van der Waals surface area contributed by atoms with Crippen molar-refractivity contribution in [3.8, 4) is 0 Å². The standard InChI is InChI=1S/C16H24N2/c1-12-3-5-14(6-4-12)16(15-7-8-15)18-10-9-17-11-13(18)2/h3-6,13,15-17H,7-11H2,1-2H3/t13-,16?/m0/s1. The summed E-state index contributed by atoms with van der Waals surface area (Å²) in [5.41, 5.74) is 2.89. The Morgan fingerprint density at radius 2 is 1.94 bits per heavy atom. The van der Waals surface area contributed by atoms with Crippen molar-refractivity contribution in [2.75, 3.05) is 19.6 Å². The summed E-state index contributed by atoms with van der Waals surface area (Å²) in [6.07, 6.45) is 2.82. The fourth-order valence-electron chi connectivity index (χ4n) is 3.18. The van der Waals surface area contributed by atoms with Crippen LogP contribution in [0.5, 0.6) is 0 Å². The van der Waals surface area contributed by atoms with Crippen LogP contribution in [0.4, 0.5) is 0 Å². The van der Waals surface area contributed by atoms with E-state index in [-0.39, 0.29) is 0 Å². The quantitative estimate of drug-likeness (QED) is 0.879. The minimum atomic E-state index is 0.655. The number of hydrogen-bond acceptors (Lipinski definition) is 2. The van der Waals surface area contributed by atoms with Crippen molar-refractivity contribution in [2.24, 2.45) is 5.92 Å². The van der Waals surface area contributed by atoms with Gasteiger partial charge in [0.25, 0.3) is 0 Å². The van der Waals surface area contributed by atoms with E-state index in [2.05, 4.69) is 48.3 Å². The molecule has 0 radical (unpaired) electrons. The molecule has 98 valence electrons. The van der Waals surface area contributed by atoms with E-state index in [0.29, 0.717) is 12.1 Å². The van der Waals surface area contributed by atoms with Gasteiger partial charge in [0.2, 0.25) is 0 Å². The molecule has 3 rings (SSSR count). The molecule has 0 spiro atoms. The molecule has 2 atom stereocenters. The summed E-state index contributed by atoms with van der Waals surface area (Å²) < 4.78 is 0. The third-order valence-electron chi connectivity index (χ3n) is 4.40. The Labute approximate surface area is 110 Å². The molecule has 0 bridgehead atoms. The highest BCUT2D eigenvalue weighted by Crippen LogP contribution is 2.45. The van der Waals surface area contributed by atoms with Crippen molar-refractivity contribution in [1.82, 2.24) is 10.2 Å². The lowest BCUT2D eigenvalue weighted by Crippen LogP contribution is -2.51. The van der Waals surface area contributed by atoms with Crippen LogP contribution in [-0.2, 0) is 0 Å². The number of benzene rings is 1. The van der Waals surface area contributed by atoms with Crippen LogP contribution in [0.2, 0.25) is 0 Å². The predicted octanol–water partition coefficient (Wildman–Crippen LogP) is 2.74. The van der Waals surface area contributed by atoms with Crippen LogP contribution in [-0.4, -0.2) is 30.6 Å². The van der Waals surface area contributed by atoms with Crippen molar-refractivity contribution in [2.45, 2.75) is 38.8 Å². The summed E-state index contributed by atoms with van der Waals surface area (Å²) in [6, 6.07) is 10.5. The molecule has 2 aliphatic rings. The van der Waals surface area contributed by atoms with Crippen LogP contribution < -0.4 is 5.32 Å². The fourth-order valence-corrected chi connectivity index (χ4v) is 3.18. The van der Waals surface area contributed by atoms with Gasteiger partial charge in [-0.05, 0) is 38.2 Å². The Balaban J connectivity index is 1.85. The minimum Gasteiger partial charge on any atom is -0.314 e. The van der Waals surface area contributed by atoms with Crippen molar-refractivity contribution in [3.63, 3.8) is 0 Å². The summed E-state index contributed by atoms with van der Waals surface area (Å²) in [7, 11) is 0. The Morgan fingerprint density at radius 3 is 2.56 bits per heavy atom. The van der Waals surface area contributed by atoms with Crippen molar-refractivity contribution in [1.29, 1.82) is 0 Å². The Morgan fingerprint density at radius 1 is 1.22 bits per heavy atom. The number of nitrogens with zero attached hydrogens (tertiary/aromatic N) is 1. The third kappa shape index (κ3) is 2.45. The molecule has 1 N–H and O–H groups in total. The zero-order chi connectivity index (χ0) is 12.5. The molecule has 0 aromatic heterocycles. The van der Waals surface area contributed by atoms with Gasteiger partial charge < -0.3 is 5.32 Å². The second-order valence-corrected chi connectivity index (χ2v) is 5.98. The lowest BCUT2D eigenvalue weighted by Gasteiger charge is -2.40. The van der Waals surface area contributed by atoms with Crippen molar-refractivity contribution >= 4 is 0 Å². The predicted molar refractivity (Wildman–Crippen MR) is 75.7 cm³/mol. The van der Waals surface area contributed by atoms with Crippen LogP contribution in [0.3, 0.4) is 0 Å². The Bertz CT molecular complexity index is 394. The molecule has 1 heterocycles. The third-order valence-corrected chi connectivity index (χ3v) is 4.40. The maximum Gasteiger partial charge on any atom is 0.0380 e. The number of aryl methyl sites for hydroxylation is 1. The largest absolute Gasteiger partial charge is 0.314 e. The van der Waals surface area contributed by atoms with E-state index in [1.165, 1.54) is 30.5 Å².